The van der Waals surface area contributed by atoms with Gasteiger partial charge in [-0.2, -0.15) is 0 Å². The molecule has 0 aliphatic carbocycles. The first-order chi connectivity index (χ1) is 7.69. The van der Waals surface area contributed by atoms with Crippen LogP contribution in [-0.4, -0.2) is 18.4 Å². The lowest BCUT2D eigenvalue weighted by molar-refractivity contribution is 0.589. The van der Waals surface area contributed by atoms with Gasteiger partial charge in [0.1, 0.15) is 9.79 Å². The van der Waals surface area contributed by atoms with E-state index in [1.165, 1.54) is 24.2 Å². The Morgan fingerprint density at radius 3 is 1.94 bits per heavy atom. The summed E-state index contributed by atoms with van der Waals surface area (Å²) in [6.45, 7) is 0. The van der Waals surface area contributed by atoms with Gasteiger partial charge in [0.05, 0.1) is 0 Å². The van der Waals surface area contributed by atoms with Crippen molar-refractivity contribution in [2.45, 2.75) is 19.6 Å². The number of hydrogen-bond donors (Lipinski definition) is 0. The van der Waals surface area contributed by atoms with Crippen LogP contribution in [0.15, 0.2) is 56.5 Å². The lowest BCUT2D eigenvalue weighted by atomic mass is 10.5. The van der Waals surface area contributed by atoms with Crippen LogP contribution in [-0.2, 0) is 9.84 Å². The van der Waals surface area contributed by atoms with Crippen LogP contribution >= 0.6 is 11.8 Å². The summed E-state index contributed by atoms with van der Waals surface area (Å²) >= 11 is 1.43. The van der Waals surface area contributed by atoms with Gasteiger partial charge in [-0.25, -0.2) is 8.42 Å². The average Bonchev–Trinajstić information content (AvgIpc) is 2.29. The molecule has 3 rings (SSSR count). The van der Waals surface area contributed by atoms with Crippen LogP contribution < -0.4 is 0 Å². The molecule has 2 aromatic rings. The van der Waals surface area contributed by atoms with Gasteiger partial charge in [-0.3, -0.25) is 9.97 Å². The van der Waals surface area contributed by atoms with Crippen molar-refractivity contribution in [1.29, 1.82) is 0 Å². The second-order valence-corrected chi connectivity index (χ2v) is 6.22. The van der Waals surface area contributed by atoms with E-state index in [-0.39, 0.29) is 9.79 Å². The van der Waals surface area contributed by atoms with E-state index in [9.17, 15) is 8.42 Å². The Morgan fingerprint density at radius 1 is 0.938 bits per heavy atom. The van der Waals surface area contributed by atoms with E-state index in [4.69, 9.17) is 0 Å². The molecule has 0 aromatic carbocycles. The highest BCUT2D eigenvalue weighted by atomic mass is 32.2. The van der Waals surface area contributed by atoms with Gasteiger partial charge in [0.2, 0.25) is 9.84 Å². The zero-order chi connectivity index (χ0) is 11.2. The molecule has 3 heterocycles. The molecule has 0 amide bonds. The molecule has 6 heteroatoms. The summed E-state index contributed by atoms with van der Waals surface area (Å²) in [4.78, 5) is 9.67. The van der Waals surface area contributed by atoms with Gasteiger partial charge in [0.15, 0.2) is 0 Å². The Labute approximate surface area is 96.7 Å². The van der Waals surface area contributed by atoms with Crippen molar-refractivity contribution in [3.8, 4) is 0 Å². The minimum Gasteiger partial charge on any atom is -0.263 e. The third-order valence-electron chi connectivity index (χ3n) is 2.29. The molecule has 0 saturated heterocycles. The van der Waals surface area contributed by atoms with Crippen molar-refractivity contribution < 1.29 is 8.42 Å². The number of pyridine rings is 2. The van der Waals surface area contributed by atoms with Gasteiger partial charge in [0.25, 0.3) is 0 Å². The predicted molar refractivity (Wildman–Crippen MR) is 58.0 cm³/mol. The van der Waals surface area contributed by atoms with E-state index in [0.717, 1.165) is 0 Å². The second kappa shape index (κ2) is 3.29. The number of hydrogen-bond acceptors (Lipinski definition) is 5. The summed E-state index contributed by atoms with van der Waals surface area (Å²) in [6.07, 6.45) is 5.95. The largest absolute Gasteiger partial charge is 0.263 e. The summed E-state index contributed by atoms with van der Waals surface area (Å²) in [6, 6.07) is 3.42. The molecule has 1 aliphatic heterocycles. The van der Waals surface area contributed by atoms with Crippen LogP contribution in [0.1, 0.15) is 0 Å². The number of nitrogens with zero attached hydrogens (tertiary/aromatic N) is 2. The summed E-state index contributed by atoms with van der Waals surface area (Å²) in [5.74, 6) is 0. The van der Waals surface area contributed by atoms with Crippen LogP contribution in [0.2, 0.25) is 0 Å². The van der Waals surface area contributed by atoms with Crippen molar-refractivity contribution in [1.82, 2.24) is 9.97 Å². The Bertz CT molecular complexity index is 617. The molecule has 0 fully saturated rings. The molecule has 0 radical (unpaired) electrons. The van der Waals surface area contributed by atoms with E-state index in [1.807, 2.05) is 0 Å². The monoisotopic (exact) mass is 250 g/mol. The molecule has 80 valence electrons. The first-order valence-corrected chi connectivity index (χ1v) is 6.80. The number of aromatic nitrogens is 2. The fraction of sp³-hybridized carbons (Fsp3) is 0. The molecule has 0 atom stereocenters. The highest BCUT2D eigenvalue weighted by Gasteiger charge is 2.30. The first kappa shape index (κ1) is 9.80. The summed E-state index contributed by atoms with van der Waals surface area (Å²) in [7, 11) is -3.45. The van der Waals surface area contributed by atoms with Crippen molar-refractivity contribution >= 4 is 21.6 Å². The van der Waals surface area contributed by atoms with Crippen LogP contribution in [0, 0.1) is 0 Å². The van der Waals surface area contributed by atoms with E-state index >= 15 is 0 Å². The minimum absolute atomic E-state index is 0.264. The fourth-order valence-electron chi connectivity index (χ4n) is 1.54. The number of sulfone groups is 1. The smallest absolute Gasteiger partial charge is 0.211 e. The molecule has 16 heavy (non-hydrogen) atoms. The van der Waals surface area contributed by atoms with Crippen molar-refractivity contribution in [3.63, 3.8) is 0 Å². The normalized spacial score (nSPS) is 16.2. The molecule has 0 bridgehead atoms. The molecule has 4 nitrogen and oxygen atoms in total. The molecule has 0 unspecified atom stereocenters. The topological polar surface area (TPSA) is 59.9 Å². The maximum Gasteiger partial charge on any atom is 0.211 e. The molecular weight excluding hydrogens is 244 g/mol. The van der Waals surface area contributed by atoms with E-state index in [2.05, 4.69) is 9.97 Å². The lowest BCUT2D eigenvalue weighted by Crippen LogP contribution is -2.09. The van der Waals surface area contributed by atoms with E-state index in [0.29, 0.717) is 9.79 Å². The lowest BCUT2D eigenvalue weighted by Gasteiger charge is -2.17. The van der Waals surface area contributed by atoms with Gasteiger partial charge in [0, 0.05) is 34.6 Å². The SMILES string of the molecule is O=S1(=O)c2cnccc2Sc2ccncc21. The van der Waals surface area contributed by atoms with Crippen molar-refractivity contribution in [2.75, 3.05) is 0 Å². The average molecular weight is 250 g/mol. The molecular formula is C10H6N2O2S2. The summed E-state index contributed by atoms with van der Waals surface area (Å²) in [5.41, 5.74) is 0. The van der Waals surface area contributed by atoms with Gasteiger partial charge in [-0.05, 0) is 12.1 Å². The minimum atomic E-state index is -3.45. The standard InChI is InChI=1S/C10H6N2O2S2/c13-16(14)9-5-11-3-1-7(9)15-8-2-4-12-6-10(8)16/h1-6H. The third-order valence-corrected chi connectivity index (χ3v) is 5.51. The molecule has 2 aromatic heterocycles. The maximum atomic E-state index is 12.2. The Hall–Kier alpha value is -1.40. The zero-order valence-corrected chi connectivity index (χ0v) is 9.62. The highest BCUT2D eigenvalue weighted by molar-refractivity contribution is 8.02. The molecule has 1 aliphatic rings. The number of rotatable bonds is 0. The Kier molecular flexibility index (Phi) is 2.02. The van der Waals surface area contributed by atoms with Gasteiger partial charge in [-0.15, -0.1) is 0 Å². The fourth-order valence-corrected chi connectivity index (χ4v) is 4.56. The molecule has 0 spiro atoms. The van der Waals surface area contributed by atoms with Crippen LogP contribution in [0.25, 0.3) is 0 Å². The van der Waals surface area contributed by atoms with E-state index < -0.39 is 9.84 Å². The van der Waals surface area contributed by atoms with Crippen LogP contribution in [0.3, 0.4) is 0 Å². The molecule has 0 saturated carbocycles. The van der Waals surface area contributed by atoms with Crippen molar-refractivity contribution in [3.05, 3.63) is 36.9 Å². The first-order valence-electron chi connectivity index (χ1n) is 4.50. The van der Waals surface area contributed by atoms with Crippen molar-refractivity contribution in [2.24, 2.45) is 0 Å². The van der Waals surface area contributed by atoms with Gasteiger partial charge in [-0.1, -0.05) is 11.8 Å². The summed E-state index contributed by atoms with van der Waals surface area (Å²) in [5, 5.41) is 0. The Morgan fingerprint density at radius 2 is 1.44 bits per heavy atom. The van der Waals surface area contributed by atoms with Crippen LogP contribution in [0.5, 0.6) is 0 Å². The third kappa shape index (κ3) is 1.27. The maximum absolute atomic E-state index is 12.2. The van der Waals surface area contributed by atoms with Gasteiger partial charge < -0.3 is 0 Å². The van der Waals surface area contributed by atoms with Gasteiger partial charge >= 0.3 is 0 Å². The quantitative estimate of drug-likeness (QED) is 0.608. The zero-order valence-electron chi connectivity index (χ0n) is 7.99. The van der Waals surface area contributed by atoms with Crippen LogP contribution in [0.4, 0.5) is 0 Å². The molecule has 0 N–H and O–H groups in total. The highest BCUT2D eigenvalue weighted by Crippen LogP contribution is 2.43. The number of fused-ring (bicyclic) bond motifs is 2. The summed E-state index contributed by atoms with van der Waals surface area (Å²) < 4.78 is 24.4. The Balaban J connectivity index is 2.37. The predicted octanol–water partition coefficient (Wildman–Crippen LogP) is 1.77. The van der Waals surface area contributed by atoms with E-state index in [1.54, 1.807) is 24.5 Å². The second-order valence-electron chi connectivity index (χ2n) is 3.25.